The molecule has 2 heterocycles. The van der Waals surface area contributed by atoms with E-state index in [9.17, 15) is 4.79 Å². The fourth-order valence-corrected chi connectivity index (χ4v) is 3.37. The van der Waals surface area contributed by atoms with E-state index < -0.39 is 0 Å². The third-order valence-corrected chi connectivity index (χ3v) is 4.88. The summed E-state index contributed by atoms with van der Waals surface area (Å²) < 4.78 is 5.24. The molecule has 1 fully saturated rings. The molecule has 7 heteroatoms. The van der Waals surface area contributed by atoms with Crippen LogP contribution in [0, 0.1) is 0 Å². The van der Waals surface area contributed by atoms with Crippen molar-refractivity contribution in [2.75, 3.05) is 18.8 Å². The highest BCUT2D eigenvalue weighted by atomic mass is 35.5. The lowest BCUT2D eigenvalue weighted by molar-refractivity contribution is -0.129. The zero-order chi connectivity index (χ0) is 16.1. The number of aromatic nitrogens is 2. The lowest BCUT2D eigenvalue weighted by Crippen LogP contribution is -2.36. The fraction of sp³-hybridized carbons (Fsp3) is 0.438. The van der Waals surface area contributed by atoms with Gasteiger partial charge in [-0.1, -0.05) is 16.8 Å². The topological polar surface area (TPSA) is 59.2 Å². The van der Waals surface area contributed by atoms with Crippen molar-refractivity contribution in [1.29, 1.82) is 0 Å². The van der Waals surface area contributed by atoms with Gasteiger partial charge in [-0.2, -0.15) is 4.98 Å². The molecular formula is C16H18ClN3O2S. The van der Waals surface area contributed by atoms with Gasteiger partial charge in [0.15, 0.2) is 0 Å². The summed E-state index contributed by atoms with van der Waals surface area (Å²) in [5.74, 6) is 2.27. The Morgan fingerprint density at radius 1 is 1.22 bits per heavy atom. The Kier molecular flexibility index (Phi) is 5.56. The molecule has 3 rings (SSSR count). The maximum Gasteiger partial charge on any atom is 0.236 e. The van der Waals surface area contributed by atoms with Gasteiger partial charge >= 0.3 is 0 Å². The van der Waals surface area contributed by atoms with Crippen LogP contribution in [0.2, 0.25) is 5.02 Å². The van der Waals surface area contributed by atoms with Gasteiger partial charge in [-0.3, -0.25) is 4.79 Å². The van der Waals surface area contributed by atoms with Gasteiger partial charge in [0.2, 0.25) is 17.6 Å². The van der Waals surface area contributed by atoms with Crippen LogP contribution in [0.25, 0.3) is 11.4 Å². The third-order valence-electron chi connectivity index (χ3n) is 3.73. The minimum atomic E-state index is 0.201. The van der Waals surface area contributed by atoms with Crippen LogP contribution in [-0.4, -0.2) is 39.8 Å². The highest BCUT2D eigenvalue weighted by Gasteiger charge is 2.17. The second kappa shape index (κ2) is 7.84. The van der Waals surface area contributed by atoms with Gasteiger partial charge in [-0.25, -0.2) is 0 Å². The van der Waals surface area contributed by atoms with E-state index in [4.69, 9.17) is 16.1 Å². The SMILES string of the molecule is O=C(CSCc1nc(-c2ccc(Cl)cc2)no1)N1CCCCC1. The smallest absolute Gasteiger partial charge is 0.236 e. The Morgan fingerprint density at radius 3 is 2.70 bits per heavy atom. The van der Waals surface area contributed by atoms with E-state index in [-0.39, 0.29) is 5.91 Å². The predicted molar refractivity (Wildman–Crippen MR) is 91.3 cm³/mol. The number of hydrogen-bond donors (Lipinski definition) is 0. The molecule has 1 amide bonds. The molecule has 0 saturated carbocycles. The largest absolute Gasteiger partial charge is 0.342 e. The molecule has 0 bridgehead atoms. The first-order valence-electron chi connectivity index (χ1n) is 7.66. The van der Waals surface area contributed by atoms with Crippen LogP contribution < -0.4 is 0 Å². The van der Waals surface area contributed by atoms with E-state index in [0.29, 0.717) is 28.2 Å². The quantitative estimate of drug-likeness (QED) is 0.823. The van der Waals surface area contributed by atoms with Gasteiger partial charge in [0.1, 0.15) is 0 Å². The van der Waals surface area contributed by atoms with E-state index in [2.05, 4.69) is 10.1 Å². The molecule has 0 aliphatic carbocycles. The normalized spacial score (nSPS) is 14.9. The lowest BCUT2D eigenvalue weighted by atomic mass is 10.1. The van der Waals surface area contributed by atoms with E-state index in [0.717, 1.165) is 31.5 Å². The predicted octanol–water partition coefficient (Wildman–Crippen LogP) is 3.64. The summed E-state index contributed by atoms with van der Waals surface area (Å²) in [4.78, 5) is 18.4. The number of halogens is 1. The average molecular weight is 352 g/mol. The van der Waals surface area contributed by atoms with Crippen molar-refractivity contribution >= 4 is 29.3 Å². The molecule has 1 aromatic heterocycles. The Hall–Kier alpha value is -1.53. The maximum atomic E-state index is 12.1. The van der Waals surface area contributed by atoms with Crippen LogP contribution in [0.5, 0.6) is 0 Å². The molecule has 0 atom stereocenters. The minimum absolute atomic E-state index is 0.201. The first kappa shape index (κ1) is 16.3. The Morgan fingerprint density at radius 2 is 1.96 bits per heavy atom. The zero-order valence-corrected chi connectivity index (χ0v) is 14.3. The van der Waals surface area contributed by atoms with Crippen LogP contribution in [-0.2, 0) is 10.5 Å². The number of likely N-dealkylation sites (tertiary alicyclic amines) is 1. The number of carbonyl (C=O) groups is 1. The van der Waals surface area contributed by atoms with Crippen molar-refractivity contribution < 1.29 is 9.32 Å². The first-order chi connectivity index (χ1) is 11.2. The summed E-state index contributed by atoms with van der Waals surface area (Å²) in [7, 11) is 0. The Bertz CT molecular complexity index is 654. The van der Waals surface area contributed by atoms with Crippen molar-refractivity contribution in [2.45, 2.75) is 25.0 Å². The molecule has 1 saturated heterocycles. The van der Waals surface area contributed by atoms with Crippen molar-refractivity contribution in [3.05, 3.63) is 35.2 Å². The zero-order valence-electron chi connectivity index (χ0n) is 12.7. The van der Waals surface area contributed by atoms with E-state index in [1.165, 1.54) is 18.2 Å². The number of thioether (sulfide) groups is 1. The van der Waals surface area contributed by atoms with Crippen molar-refractivity contribution in [1.82, 2.24) is 15.0 Å². The number of benzene rings is 1. The van der Waals surface area contributed by atoms with Crippen molar-refractivity contribution in [2.24, 2.45) is 0 Å². The van der Waals surface area contributed by atoms with Crippen LogP contribution >= 0.6 is 23.4 Å². The van der Waals surface area contributed by atoms with Crippen LogP contribution in [0.4, 0.5) is 0 Å². The van der Waals surface area contributed by atoms with Gasteiger partial charge in [0.05, 0.1) is 11.5 Å². The Balaban J connectivity index is 1.49. The summed E-state index contributed by atoms with van der Waals surface area (Å²) in [6.45, 7) is 1.78. The summed E-state index contributed by atoms with van der Waals surface area (Å²) in [5, 5.41) is 4.64. The molecule has 23 heavy (non-hydrogen) atoms. The highest BCUT2D eigenvalue weighted by molar-refractivity contribution is 7.99. The van der Waals surface area contributed by atoms with Gasteiger partial charge in [0.25, 0.3) is 0 Å². The molecule has 2 aromatic rings. The molecule has 0 spiro atoms. The standard InChI is InChI=1S/C16H18ClN3O2S/c17-13-6-4-12(5-7-13)16-18-14(22-19-16)10-23-11-15(21)20-8-2-1-3-9-20/h4-7H,1-3,8-11H2. The number of piperidine rings is 1. The van der Waals surface area contributed by atoms with Crippen molar-refractivity contribution in [3.8, 4) is 11.4 Å². The summed E-state index contributed by atoms with van der Waals surface area (Å²) in [6, 6.07) is 7.28. The molecular weight excluding hydrogens is 334 g/mol. The number of hydrogen-bond acceptors (Lipinski definition) is 5. The summed E-state index contributed by atoms with van der Waals surface area (Å²) >= 11 is 7.37. The number of amides is 1. The van der Waals surface area contributed by atoms with E-state index >= 15 is 0 Å². The lowest BCUT2D eigenvalue weighted by Gasteiger charge is -2.26. The van der Waals surface area contributed by atoms with Gasteiger partial charge < -0.3 is 9.42 Å². The maximum absolute atomic E-state index is 12.1. The monoisotopic (exact) mass is 351 g/mol. The van der Waals surface area contributed by atoms with E-state index in [1.54, 1.807) is 12.1 Å². The molecule has 122 valence electrons. The second-order valence-corrected chi connectivity index (χ2v) is 6.87. The highest BCUT2D eigenvalue weighted by Crippen LogP contribution is 2.20. The molecule has 1 aliphatic heterocycles. The van der Waals surface area contributed by atoms with E-state index in [1.807, 2.05) is 17.0 Å². The molecule has 5 nitrogen and oxygen atoms in total. The van der Waals surface area contributed by atoms with Gasteiger partial charge in [-0.15, -0.1) is 11.8 Å². The Labute approximate surface area is 144 Å². The average Bonchev–Trinajstić information content (AvgIpc) is 3.05. The number of rotatable bonds is 5. The summed E-state index contributed by atoms with van der Waals surface area (Å²) in [5.41, 5.74) is 0.860. The van der Waals surface area contributed by atoms with Gasteiger partial charge in [0, 0.05) is 23.7 Å². The second-order valence-electron chi connectivity index (χ2n) is 5.45. The van der Waals surface area contributed by atoms with Gasteiger partial charge in [-0.05, 0) is 43.5 Å². The first-order valence-corrected chi connectivity index (χ1v) is 9.20. The molecule has 0 radical (unpaired) electrons. The third kappa shape index (κ3) is 4.48. The molecule has 0 N–H and O–H groups in total. The minimum Gasteiger partial charge on any atom is -0.342 e. The molecule has 1 aliphatic rings. The molecule has 0 unspecified atom stereocenters. The van der Waals surface area contributed by atoms with Crippen LogP contribution in [0.1, 0.15) is 25.2 Å². The van der Waals surface area contributed by atoms with Crippen LogP contribution in [0.3, 0.4) is 0 Å². The summed E-state index contributed by atoms with van der Waals surface area (Å²) in [6.07, 6.45) is 3.46. The number of carbonyl (C=O) groups excluding carboxylic acids is 1. The van der Waals surface area contributed by atoms with Crippen molar-refractivity contribution in [3.63, 3.8) is 0 Å². The van der Waals surface area contributed by atoms with Crippen LogP contribution in [0.15, 0.2) is 28.8 Å². The molecule has 1 aromatic carbocycles. The number of nitrogens with zero attached hydrogens (tertiary/aromatic N) is 3. The fourth-order valence-electron chi connectivity index (χ4n) is 2.49.